The molecule has 1 fully saturated rings. The zero-order valence-electron chi connectivity index (χ0n) is 7.96. The average Bonchev–Trinajstić information content (AvgIpc) is 2.18. The largest absolute Gasteiger partial charge is 0.381 e. The predicted octanol–water partition coefficient (Wildman–Crippen LogP) is 1.11. The van der Waals surface area contributed by atoms with E-state index in [1.807, 2.05) is 0 Å². The highest BCUT2D eigenvalue weighted by atomic mass is 35.5. The highest BCUT2D eigenvalue weighted by Gasteiger charge is 2.24. The second kappa shape index (κ2) is 5.45. The molecule has 3 nitrogen and oxygen atoms in total. The average molecular weight is 206 g/mol. The number of nitrogens with zero attached hydrogens (tertiary/aromatic N) is 1. The summed E-state index contributed by atoms with van der Waals surface area (Å²) >= 11 is 5.55. The standard InChI is InChI=1S/C9H16ClNO2/c1-11(5-4-10)9(12)8-3-2-6-13-7-8/h8H,2-7H2,1H3. The number of carbonyl (C=O) groups excluding carboxylic acids is 1. The molecule has 1 saturated heterocycles. The molecule has 0 saturated carbocycles. The molecule has 0 N–H and O–H groups in total. The molecule has 1 unspecified atom stereocenters. The number of ether oxygens (including phenoxy) is 1. The Morgan fingerprint density at radius 2 is 2.46 bits per heavy atom. The van der Waals surface area contributed by atoms with E-state index in [4.69, 9.17) is 16.3 Å². The molecule has 0 aromatic heterocycles. The summed E-state index contributed by atoms with van der Waals surface area (Å²) in [4.78, 5) is 13.4. The molecule has 0 aromatic rings. The minimum Gasteiger partial charge on any atom is -0.381 e. The van der Waals surface area contributed by atoms with Gasteiger partial charge in [-0.25, -0.2) is 0 Å². The van der Waals surface area contributed by atoms with Crippen LogP contribution in [0.5, 0.6) is 0 Å². The Kier molecular flexibility index (Phi) is 4.53. The van der Waals surface area contributed by atoms with Crippen LogP contribution in [0, 0.1) is 5.92 Å². The van der Waals surface area contributed by atoms with Gasteiger partial charge in [-0.3, -0.25) is 4.79 Å². The van der Waals surface area contributed by atoms with Crippen LogP contribution in [0.2, 0.25) is 0 Å². The number of rotatable bonds is 3. The molecule has 13 heavy (non-hydrogen) atoms. The van der Waals surface area contributed by atoms with Crippen molar-refractivity contribution in [3.8, 4) is 0 Å². The molecule has 0 bridgehead atoms. The van der Waals surface area contributed by atoms with Gasteiger partial charge in [0, 0.05) is 26.1 Å². The maximum atomic E-state index is 11.7. The molecule has 1 heterocycles. The number of halogens is 1. The van der Waals surface area contributed by atoms with Gasteiger partial charge in [0.1, 0.15) is 0 Å². The molecule has 1 aliphatic heterocycles. The van der Waals surface area contributed by atoms with E-state index in [0.717, 1.165) is 19.4 Å². The van der Waals surface area contributed by atoms with Crippen LogP contribution in [0.15, 0.2) is 0 Å². The molecule has 0 spiro atoms. The van der Waals surface area contributed by atoms with Crippen LogP contribution in [-0.4, -0.2) is 43.5 Å². The first-order valence-corrected chi connectivity index (χ1v) is 5.18. The lowest BCUT2D eigenvalue weighted by Gasteiger charge is -2.25. The zero-order valence-corrected chi connectivity index (χ0v) is 8.72. The van der Waals surface area contributed by atoms with Gasteiger partial charge in [-0.15, -0.1) is 11.6 Å². The second-order valence-corrected chi connectivity index (χ2v) is 3.74. The van der Waals surface area contributed by atoms with E-state index >= 15 is 0 Å². The summed E-state index contributed by atoms with van der Waals surface area (Å²) in [6.45, 7) is 1.99. The van der Waals surface area contributed by atoms with Crippen LogP contribution in [0.25, 0.3) is 0 Å². The molecule has 0 aromatic carbocycles. The van der Waals surface area contributed by atoms with Crippen LogP contribution in [0.1, 0.15) is 12.8 Å². The summed E-state index contributed by atoms with van der Waals surface area (Å²) in [5.74, 6) is 0.720. The van der Waals surface area contributed by atoms with Crippen LogP contribution >= 0.6 is 11.6 Å². The monoisotopic (exact) mass is 205 g/mol. The van der Waals surface area contributed by atoms with Gasteiger partial charge in [0.05, 0.1) is 12.5 Å². The van der Waals surface area contributed by atoms with Gasteiger partial charge in [-0.05, 0) is 12.8 Å². The van der Waals surface area contributed by atoms with Crippen LogP contribution < -0.4 is 0 Å². The van der Waals surface area contributed by atoms with Crippen molar-refractivity contribution < 1.29 is 9.53 Å². The van der Waals surface area contributed by atoms with Crippen LogP contribution in [0.3, 0.4) is 0 Å². The highest BCUT2D eigenvalue weighted by molar-refractivity contribution is 6.18. The fourth-order valence-electron chi connectivity index (χ4n) is 1.48. The predicted molar refractivity (Wildman–Crippen MR) is 51.9 cm³/mol. The molecule has 0 radical (unpaired) electrons. The van der Waals surface area contributed by atoms with E-state index in [2.05, 4.69) is 0 Å². The Hall–Kier alpha value is -0.280. The number of alkyl halides is 1. The summed E-state index contributed by atoms with van der Waals surface area (Å²) in [6, 6.07) is 0. The number of amides is 1. The van der Waals surface area contributed by atoms with E-state index in [1.165, 1.54) is 0 Å². The molecule has 1 aliphatic rings. The van der Waals surface area contributed by atoms with Gasteiger partial charge in [0.15, 0.2) is 0 Å². The van der Waals surface area contributed by atoms with Gasteiger partial charge in [-0.1, -0.05) is 0 Å². The lowest BCUT2D eigenvalue weighted by Crippen LogP contribution is -2.37. The third-order valence-corrected chi connectivity index (χ3v) is 2.47. The van der Waals surface area contributed by atoms with Crippen molar-refractivity contribution >= 4 is 17.5 Å². The van der Waals surface area contributed by atoms with Crippen LogP contribution in [-0.2, 0) is 9.53 Å². The molecule has 0 aliphatic carbocycles. The summed E-state index contributed by atoms with van der Waals surface area (Å²) in [5.41, 5.74) is 0. The maximum absolute atomic E-state index is 11.7. The second-order valence-electron chi connectivity index (χ2n) is 3.36. The highest BCUT2D eigenvalue weighted by Crippen LogP contribution is 2.15. The smallest absolute Gasteiger partial charge is 0.227 e. The van der Waals surface area contributed by atoms with Gasteiger partial charge < -0.3 is 9.64 Å². The van der Waals surface area contributed by atoms with E-state index in [1.54, 1.807) is 11.9 Å². The zero-order chi connectivity index (χ0) is 9.68. The van der Waals surface area contributed by atoms with Gasteiger partial charge in [0.25, 0.3) is 0 Å². The number of hydrogen-bond acceptors (Lipinski definition) is 2. The summed E-state index contributed by atoms with van der Waals surface area (Å²) in [5, 5.41) is 0. The van der Waals surface area contributed by atoms with Crippen molar-refractivity contribution in [2.75, 3.05) is 32.7 Å². The third-order valence-electron chi connectivity index (χ3n) is 2.31. The van der Waals surface area contributed by atoms with Crippen molar-refractivity contribution in [3.05, 3.63) is 0 Å². The van der Waals surface area contributed by atoms with E-state index in [0.29, 0.717) is 19.0 Å². The minimum absolute atomic E-state index is 0.0574. The first-order valence-electron chi connectivity index (χ1n) is 4.64. The van der Waals surface area contributed by atoms with Crippen molar-refractivity contribution in [1.82, 2.24) is 4.90 Å². The molecular weight excluding hydrogens is 190 g/mol. The molecule has 76 valence electrons. The number of hydrogen-bond donors (Lipinski definition) is 0. The van der Waals surface area contributed by atoms with E-state index in [-0.39, 0.29) is 11.8 Å². The molecule has 1 atom stereocenters. The molecular formula is C9H16ClNO2. The SMILES string of the molecule is CN(CCCl)C(=O)C1CCCOC1. The Labute approximate surface area is 84.0 Å². The lowest BCUT2D eigenvalue weighted by molar-refractivity contribution is -0.138. The van der Waals surface area contributed by atoms with Gasteiger partial charge in [-0.2, -0.15) is 0 Å². The third kappa shape index (κ3) is 3.16. The summed E-state index contributed by atoms with van der Waals surface area (Å²) < 4.78 is 5.25. The number of carbonyl (C=O) groups is 1. The Bertz CT molecular complexity index is 169. The Balaban J connectivity index is 2.36. The maximum Gasteiger partial charge on any atom is 0.227 e. The van der Waals surface area contributed by atoms with Crippen LogP contribution in [0.4, 0.5) is 0 Å². The summed E-state index contributed by atoms with van der Waals surface area (Å²) in [6.07, 6.45) is 1.94. The molecule has 1 rings (SSSR count). The fraction of sp³-hybridized carbons (Fsp3) is 0.889. The van der Waals surface area contributed by atoms with Gasteiger partial charge >= 0.3 is 0 Å². The Morgan fingerprint density at radius 3 is 3.00 bits per heavy atom. The van der Waals surface area contributed by atoms with Crippen molar-refractivity contribution in [3.63, 3.8) is 0 Å². The van der Waals surface area contributed by atoms with E-state index < -0.39 is 0 Å². The first-order chi connectivity index (χ1) is 6.25. The lowest BCUT2D eigenvalue weighted by atomic mass is 10.0. The minimum atomic E-state index is 0.0574. The van der Waals surface area contributed by atoms with E-state index in [9.17, 15) is 4.79 Å². The van der Waals surface area contributed by atoms with Gasteiger partial charge in [0.2, 0.25) is 5.91 Å². The first kappa shape index (κ1) is 10.8. The topological polar surface area (TPSA) is 29.5 Å². The fourth-order valence-corrected chi connectivity index (χ4v) is 1.74. The Morgan fingerprint density at radius 1 is 1.69 bits per heavy atom. The normalized spacial score (nSPS) is 22.8. The molecule has 4 heteroatoms. The summed E-state index contributed by atoms with van der Waals surface area (Å²) in [7, 11) is 1.79. The molecule has 1 amide bonds. The quantitative estimate of drug-likeness (QED) is 0.646. The van der Waals surface area contributed by atoms with Crippen molar-refractivity contribution in [2.45, 2.75) is 12.8 Å². The van der Waals surface area contributed by atoms with Crippen molar-refractivity contribution in [2.24, 2.45) is 5.92 Å². The van der Waals surface area contributed by atoms with Crippen molar-refractivity contribution in [1.29, 1.82) is 0 Å².